The van der Waals surface area contributed by atoms with E-state index in [2.05, 4.69) is 4.98 Å². The molecule has 2 aromatic heterocycles. The average Bonchev–Trinajstić information content (AvgIpc) is 2.27. The van der Waals surface area contributed by atoms with Crippen molar-refractivity contribution in [2.24, 2.45) is 0 Å². The topological polar surface area (TPSA) is 38.1 Å². The quantitative estimate of drug-likeness (QED) is 0.757. The standard InChI is InChI=1S/C12H15N3O/c1-4-9-8-10-6-5-7-13-11(10)15(12(9)16)14(2)3/h5-8H,4H2,1-3H3. The Kier molecular flexibility index (Phi) is 2.64. The number of hydrogen-bond acceptors (Lipinski definition) is 3. The molecule has 0 bridgehead atoms. The van der Waals surface area contributed by atoms with E-state index < -0.39 is 0 Å². The molecule has 0 radical (unpaired) electrons. The minimum atomic E-state index is 0.0127. The molecule has 16 heavy (non-hydrogen) atoms. The van der Waals surface area contributed by atoms with Gasteiger partial charge in [-0.2, -0.15) is 0 Å². The number of rotatable bonds is 2. The lowest BCUT2D eigenvalue weighted by Gasteiger charge is -2.18. The minimum Gasteiger partial charge on any atom is -0.314 e. The van der Waals surface area contributed by atoms with Gasteiger partial charge in [-0.25, -0.2) is 9.66 Å². The zero-order valence-corrected chi connectivity index (χ0v) is 9.77. The average molecular weight is 217 g/mol. The highest BCUT2D eigenvalue weighted by molar-refractivity contribution is 5.75. The fraction of sp³-hybridized carbons (Fsp3) is 0.333. The maximum absolute atomic E-state index is 12.1. The fourth-order valence-corrected chi connectivity index (χ4v) is 1.81. The Balaban J connectivity index is 2.91. The number of hydrogen-bond donors (Lipinski definition) is 0. The van der Waals surface area contributed by atoms with E-state index in [-0.39, 0.29) is 5.56 Å². The van der Waals surface area contributed by atoms with Gasteiger partial charge in [-0.1, -0.05) is 6.92 Å². The van der Waals surface area contributed by atoms with Crippen LogP contribution in [0.3, 0.4) is 0 Å². The summed E-state index contributed by atoms with van der Waals surface area (Å²) < 4.78 is 1.61. The van der Waals surface area contributed by atoms with Gasteiger partial charge in [0.15, 0.2) is 5.65 Å². The van der Waals surface area contributed by atoms with Crippen LogP contribution in [0.25, 0.3) is 11.0 Å². The number of fused-ring (bicyclic) bond motifs is 1. The summed E-state index contributed by atoms with van der Waals surface area (Å²) in [5, 5.41) is 2.75. The van der Waals surface area contributed by atoms with Gasteiger partial charge < -0.3 is 5.01 Å². The molecule has 0 aliphatic carbocycles. The van der Waals surface area contributed by atoms with E-state index in [0.29, 0.717) is 5.65 Å². The van der Waals surface area contributed by atoms with Crippen LogP contribution in [0.1, 0.15) is 12.5 Å². The number of nitrogens with zero attached hydrogens (tertiary/aromatic N) is 3. The molecule has 0 aliphatic rings. The molecule has 84 valence electrons. The van der Waals surface area contributed by atoms with Gasteiger partial charge in [0.2, 0.25) is 0 Å². The third kappa shape index (κ3) is 1.56. The second kappa shape index (κ2) is 3.96. The van der Waals surface area contributed by atoms with Crippen LogP contribution < -0.4 is 10.6 Å². The van der Waals surface area contributed by atoms with Crippen LogP contribution in [0.5, 0.6) is 0 Å². The third-order valence-electron chi connectivity index (χ3n) is 2.60. The highest BCUT2D eigenvalue weighted by Crippen LogP contribution is 2.10. The van der Waals surface area contributed by atoms with E-state index in [1.807, 2.05) is 39.2 Å². The smallest absolute Gasteiger partial charge is 0.274 e. The van der Waals surface area contributed by atoms with E-state index in [1.54, 1.807) is 15.9 Å². The van der Waals surface area contributed by atoms with Crippen LogP contribution in [0.15, 0.2) is 29.2 Å². The lowest BCUT2D eigenvalue weighted by atomic mass is 10.2. The molecule has 0 N–H and O–H groups in total. The lowest BCUT2D eigenvalue weighted by Crippen LogP contribution is -2.38. The molecule has 4 nitrogen and oxygen atoms in total. The zero-order valence-electron chi connectivity index (χ0n) is 9.77. The van der Waals surface area contributed by atoms with Gasteiger partial charge in [-0.05, 0) is 24.6 Å². The van der Waals surface area contributed by atoms with E-state index in [1.165, 1.54) is 0 Å². The summed E-state index contributed by atoms with van der Waals surface area (Å²) in [5.41, 5.74) is 1.53. The predicted octanol–water partition coefficient (Wildman–Crippen LogP) is 1.16. The molecule has 0 amide bonds. The minimum absolute atomic E-state index is 0.0127. The summed E-state index contributed by atoms with van der Waals surface area (Å²) in [6, 6.07) is 5.78. The van der Waals surface area contributed by atoms with Crippen molar-refractivity contribution in [3.63, 3.8) is 0 Å². The first kappa shape index (κ1) is 10.7. The summed E-state index contributed by atoms with van der Waals surface area (Å²) in [4.78, 5) is 16.4. The van der Waals surface area contributed by atoms with Gasteiger partial charge in [0.05, 0.1) is 0 Å². The van der Waals surface area contributed by atoms with Crippen molar-refractivity contribution in [3.05, 3.63) is 40.3 Å². The number of pyridine rings is 2. The largest absolute Gasteiger partial charge is 0.314 e. The van der Waals surface area contributed by atoms with Crippen LogP contribution in [-0.2, 0) is 6.42 Å². The second-order valence-electron chi connectivity index (χ2n) is 3.90. The van der Waals surface area contributed by atoms with Crippen molar-refractivity contribution in [2.75, 3.05) is 19.1 Å². The van der Waals surface area contributed by atoms with Crippen molar-refractivity contribution >= 4 is 11.0 Å². The highest BCUT2D eigenvalue weighted by atomic mass is 16.1. The highest BCUT2D eigenvalue weighted by Gasteiger charge is 2.09. The number of aryl methyl sites for hydroxylation is 1. The van der Waals surface area contributed by atoms with E-state index in [9.17, 15) is 4.79 Å². The molecule has 4 heteroatoms. The molecular weight excluding hydrogens is 202 g/mol. The van der Waals surface area contributed by atoms with Crippen LogP contribution in [0, 0.1) is 0 Å². The summed E-state index contributed by atoms with van der Waals surface area (Å²) in [6.45, 7) is 1.99. The summed E-state index contributed by atoms with van der Waals surface area (Å²) in [5.74, 6) is 0. The van der Waals surface area contributed by atoms with Crippen molar-refractivity contribution in [1.29, 1.82) is 0 Å². The van der Waals surface area contributed by atoms with Crippen molar-refractivity contribution in [2.45, 2.75) is 13.3 Å². The Morgan fingerprint density at radius 2 is 2.19 bits per heavy atom. The molecule has 0 saturated heterocycles. The Bertz CT molecular complexity index is 572. The van der Waals surface area contributed by atoms with E-state index in [0.717, 1.165) is 17.4 Å². The maximum atomic E-state index is 12.1. The molecule has 0 aromatic carbocycles. The van der Waals surface area contributed by atoms with Crippen LogP contribution >= 0.6 is 0 Å². The van der Waals surface area contributed by atoms with Gasteiger partial charge in [0.25, 0.3) is 5.56 Å². The van der Waals surface area contributed by atoms with Crippen LogP contribution in [0.2, 0.25) is 0 Å². The lowest BCUT2D eigenvalue weighted by molar-refractivity contribution is 0.711. The summed E-state index contributed by atoms with van der Waals surface area (Å²) >= 11 is 0. The predicted molar refractivity (Wildman–Crippen MR) is 65.4 cm³/mol. The van der Waals surface area contributed by atoms with Gasteiger partial charge in [0.1, 0.15) is 0 Å². The Hall–Kier alpha value is -1.84. The molecule has 0 unspecified atom stereocenters. The first-order valence-corrected chi connectivity index (χ1v) is 5.32. The van der Waals surface area contributed by atoms with Crippen molar-refractivity contribution in [3.8, 4) is 0 Å². The first-order valence-electron chi connectivity index (χ1n) is 5.32. The maximum Gasteiger partial charge on any atom is 0.274 e. The van der Waals surface area contributed by atoms with E-state index >= 15 is 0 Å². The molecule has 0 fully saturated rings. The Morgan fingerprint density at radius 1 is 1.44 bits per heavy atom. The molecule has 2 heterocycles. The zero-order chi connectivity index (χ0) is 11.7. The van der Waals surface area contributed by atoms with E-state index in [4.69, 9.17) is 0 Å². The van der Waals surface area contributed by atoms with Gasteiger partial charge in [0, 0.05) is 31.2 Å². The van der Waals surface area contributed by atoms with Gasteiger partial charge in [-0.15, -0.1) is 0 Å². The number of aromatic nitrogens is 2. The summed E-state index contributed by atoms with van der Waals surface area (Å²) in [7, 11) is 3.68. The normalized spacial score (nSPS) is 10.7. The van der Waals surface area contributed by atoms with Gasteiger partial charge >= 0.3 is 0 Å². The monoisotopic (exact) mass is 217 g/mol. The molecule has 2 aromatic rings. The van der Waals surface area contributed by atoms with Crippen LogP contribution in [-0.4, -0.2) is 23.8 Å². The molecular formula is C12H15N3O. The molecule has 0 aliphatic heterocycles. The van der Waals surface area contributed by atoms with Crippen molar-refractivity contribution in [1.82, 2.24) is 9.66 Å². The molecule has 0 atom stereocenters. The Labute approximate surface area is 94.1 Å². The van der Waals surface area contributed by atoms with Gasteiger partial charge in [-0.3, -0.25) is 4.79 Å². The van der Waals surface area contributed by atoms with Crippen molar-refractivity contribution < 1.29 is 0 Å². The molecule has 0 saturated carbocycles. The Morgan fingerprint density at radius 3 is 2.81 bits per heavy atom. The molecule has 0 spiro atoms. The summed E-state index contributed by atoms with van der Waals surface area (Å²) in [6.07, 6.45) is 2.44. The SMILES string of the molecule is CCc1cc2cccnc2n(N(C)C)c1=O. The molecule has 2 rings (SSSR count). The third-order valence-corrected chi connectivity index (χ3v) is 2.60. The fourth-order valence-electron chi connectivity index (χ4n) is 1.81. The first-order chi connectivity index (χ1) is 7.65. The van der Waals surface area contributed by atoms with Crippen LogP contribution in [0.4, 0.5) is 0 Å². The second-order valence-corrected chi connectivity index (χ2v) is 3.90.